The van der Waals surface area contributed by atoms with Crippen LogP contribution in [0.25, 0.3) is 0 Å². The zero-order chi connectivity index (χ0) is 15.4. The molecule has 5 nitrogen and oxygen atoms in total. The van der Waals surface area contributed by atoms with E-state index in [-0.39, 0.29) is 17.8 Å². The Kier molecular flexibility index (Phi) is 5.66. The minimum Gasteiger partial charge on any atom is -0.480 e. The number of hydrogen-bond donors (Lipinski definition) is 1. The molecule has 0 radical (unpaired) electrons. The van der Waals surface area contributed by atoms with Crippen LogP contribution in [0.2, 0.25) is 0 Å². The van der Waals surface area contributed by atoms with Crippen LogP contribution in [0.15, 0.2) is 33.6 Å². The summed E-state index contributed by atoms with van der Waals surface area (Å²) in [6.07, 6.45) is 0.147. The molecule has 2 atom stereocenters. The lowest BCUT2D eigenvalue weighted by Crippen LogP contribution is -2.41. The largest absolute Gasteiger partial charge is 0.480 e. The van der Waals surface area contributed by atoms with Crippen LogP contribution >= 0.6 is 27.7 Å². The van der Waals surface area contributed by atoms with E-state index in [1.165, 1.54) is 23.8 Å². The lowest BCUT2D eigenvalue weighted by atomic mass is 10.2. The second-order valence-electron chi connectivity index (χ2n) is 4.74. The fraction of sp³-hybridized carbons (Fsp3) is 0.429. The van der Waals surface area contributed by atoms with Gasteiger partial charge in [0.25, 0.3) is 0 Å². The number of methoxy groups -OCH3 is 1. The summed E-state index contributed by atoms with van der Waals surface area (Å²) >= 11 is 4.75. The number of nitrogens with zero attached hydrogens (tertiary/aromatic N) is 1. The lowest BCUT2D eigenvalue weighted by molar-refractivity contribution is -0.147. The van der Waals surface area contributed by atoms with Crippen LogP contribution in [-0.4, -0.2) is 53.4 Å². The van der Waals surface area contributed by atoms with Crippen molar-refractivity contribution in [3.8, 4) is 0 Å². The molecule has 0 saturated carbocycles. The van der Waals surface area contributed by atoms with Gasteiger partial charge < -0.3 is 14.7 Å². The number of aliphatic carboxylic acids is 1. The smallest absolute Gasteiger partial charge is 0.326 e. The molecule has 0 aliphatic carbocycles. The summed E-state index contributed by atoms with van der Waals surface area (Å²) < 4.78 is 6.16. The normalized spacial score (nSPS) is 21.5. The minimum absolute atomic E-state index is 0.171. The van der Waals surface area contributed by atoms with Gasteiger partial charge in [0.15, 0.2) is 0 Å². The number of rotatable bonds is 5. The predicted molar refractivity (Wildman–Crippen MR) is 83.4 cm³/mol. The molecule has 0 aromatic heterocycles. The summed E-state index contributed by atoms with van der Waals surface area (Å²) in [5.74, 6) is -0.923. The number of carboxylic acid groups (broad SMARTS) is 1. The van der Waals surface area contributed by atoms with E-state index in [4.69, 9.17) is 4.74 Å². The minimum atomic E-state index is -0.975. The molecule has 1 aromatic rings. The maximum Gasteiger partial charge on any atom is 0.326 e. The molecular formula is C14H16BrNO4S. The molecule has 21 heavy (non-hydrogen) atoms. The molecule has 0 spiro atoms. The number of carboxylic acids is 1. The van der Waals surface area contributed by atoms with Gasteiger partial charge in [-0.15, -0.1) is 11.8 Å². The van der Waals surface area contributed by atoms with E-state index < -0.39 is 12.0 Å². The Morgan fingerprint density at radius 2 is 2.10 bits per heavy atom. The highest BCUT2D eigenvalue weighted by molar-refractivity contribution is 9.10. The van der Waals surface area contributed by atoms with Crippen molar-refractivity contribution in [1.82, 2.24) is 4.90 Å². The molecule has 1 heterocycles. The van der Waals surface area contributed by atoms with E-state index in [1.807, 2.05) is 24.3 Å². The summed E-state index contributed by atoms with van der Waals surface area (Å²) in [6, 6.07) is 6.86. The lowest BCUT2D eigenvalue weighted by Gasteiger charge is -2.21. The van der Waals surface area contributed by atoms with E-state index in [2.05, 4.69) is 15.9 Å². The summed E-state index contributed by atoms with van der Waals surface area (Å²) in [5.41, 5.74) is 0. The standard InChI is InChI=1S/C14H16BrNO4S/c1-20-10-6-12(14(18)19)16(7-10)13(17)8-21-11-4-2-9(15)3-5-11/h2-5,10,12H,6-8H2,1H3,(H,18,19). The second kappa shape index (κ2) is 7.29. The zero-order valence-corrected chi connectivity index (χ0v) is 13.9. The first-order chi connectivity index (χ1) is 10.0. The van der Waals surface area contributed by atoms with Crippen molar-refractivity contribution < 1.29 is 19.4 Å². The van der Waals surface area contributed by atoms with Crippen molar-refractivity contribution in [2.45, 2.75) is 23.5 Å². The number of amides is 1. The van der Waals surface area contributed by atoms with Crippen molar-refractivity contribution in [2.75, 3.05) is 19.4 Å². The van der Waals surface area contributed by atoms with Crippen molar-refractivity contribution >= 4 is 39.6 Å². The molecule has 0 bridgehead atoms. The Hall–Kier alpha value is -1.05. The molecular weight excluding hydrogens is 358 g/mol. The summed E-state index contributed by atoms with van der Waals surface area (Å²) in [5, 5.41) is 9.20. The van der Waals surface area contributed by atoms with Crippen LogP contribution in [0.1, 0.15) is 6.42 Å². The van der Waals surface area contributed by atoms with Gasteiger partial charge in [0, 0.05) is 29.4 Å². The molecule has 1 N–H and O–H groups in total. The van der Waals surface area contributed by atoms with E-state index >= 15 is 0 Å². The predicted octanol–water partition coefficient (Wildman–Crippen LogP) is 2.24. The fourth-order valence-electron chi connectivity index (χ4n) is 2.24. The van der Waals surface area contributed by atoms with Crippen LogP contribution in [-0.2, 0) is 14.3 Å². The highest BCUT2D eigenvalue weighted by Gasteiger charge is 2.39. The number of likely N-dealkylation sites (tertiary alicyclic amines) is 1. The van der Waals surface area contributed by atoms with Gasteiger partial charge in [-0.3, -0.25) is 4.79 Å². The Morgan fingerprint density at radius 1 is 1.43 bits per heavy atom. The van der Waals surface area contributed by atoms with Gasteiger partial charge in [-0.2, -0.15) is 0 Å². The highest BCUT2D eigenvalue weighted by atomic mass is 79.9. The van der Waals surface area contributed by atoms with Gasteiger partial charge in [0.1, 0.15) is 6.04 Å². The summed E-state index contributed by atoms with van der Waals surface area (Å²) in [7, 11) is 1.54. The molecule has 1 aliphatic heterocycles. The van der Waals surface area contributed by atoms with Gasteiger partial charge in [-0.05, 0) is 24.3 Å². The van der Waals surface area contributed by atoms with E-state index in [1.54, 1.807) is 0 Å². The van der Waals surface area contributed by atoms with Gasteiger partial charge in [-0.25, -0.2) is 4.79 Å². The number of ether oxygens (including phenoxy) is 1. The quantitative estimate of drug-likeness (QED) is 0.801. The molecule has 1 aromatic carbocycles. The van der Waals surface area contributed by atoms with Crippen molar-refractivity contribution in [1.29, 1.82) is 0 Å². The van der Waals surface area contributed by atoms with Crippen LogP contribution in [0.3, 0.4) is 0 Å². The van der Waals surface area contributed by atoms with Crippen molar-refractivity contribution in [3.63, 3.8) is 0 Å². The molecule has 1 saturated heterocycles. The number of thioether (sulfide) groups is 1. The number of carbonyl (C=O) groups excluding carboxylic acids is 1. The first kappa shape index (κ1) is 16.3. The third kappa shape index (κ3) is 4.21. The monoisotopic (exact) mass is 373 g/mol. The SMILES string of the molecule is COC1CC(C(=O)O)N(C(=O)CSc2ccc(Br)cc2)C1. The average molecular weight is 374 g/mol. The third-order valence-electron chi connectivity index (χ3n) is 3.38. The van der Waals surface area contributed by atoms with Gasteiger partial charge in [-0.1, -0.05) is 15.9 Å². The van der Waals surface area contributed by atoms with E-state index in [0.29, 0.717) is 13.0 Å². The topological polar surface area (TPSA) is 66.8 Å². The molecule has 114 valence electrons. The van der Waals surface area contributed by atoms with Crippen LogP contribution < -0.4 is 0 Å². The molecule has 1 aliphatic rings. The Morgan fingerprint density at radius 3 is 2.67 bits per heavy atom. The third-order valence-corrected chi connectivity index (χ3v) is 4.90. The molecule has 1 fully saturated rings. The van der Waals surface area contributed by atoms with Crippen LogP contribution in [0.5, 0.6) is 0 Å². The Bertz CT molecular complexity index is 522. The molecule has 7 heteroatoms. The second-order valence-corrected chi connectivity index (χ2v) is 6.70. The molecule has 2 rings (SSSR count). The fourth-order valence-corrected chi connectivity index (χ4v) is 3.29. The highest BCUT2D eigenvalue weighted by Crippen LogP contribution is 2.24. The van der Waals surface area contributed by atoms with Crippen LogP contribution in [0, 0.1) is 0 Å². The van der Waals surface area contributed by atoms with Crippen molar-refractivity contribution in [3.05, 3.63) is 28.7 Å². The average Bonchev–Trinajstić information content (AvgIpc) is 2.91. The van der Waals surface area contributed by atoms with Crippen LogP contribution in [0.4, 0.5) is 0 Å². The van der Waals surface area contributed by atoms with Gasteiger partial charge in [0.2, 0.25) is 5.91 Å². The summed E-state index contributed by atoms with van der Waals surface area (Å²) in [4.78, 5) is 25.8. The van der Waals surface area contributed by atoms with E-state index in [9.17, 15) is 14.7 Å². The molecule has 2 unspecified atom stereocenters. The van der Waals surface area contributed by atoms with Gasteiger partial charge in [0.05, 0.1) is 11.9 Å². The number of carbonyl (C=O) groups is 2. The number of hydrogen-bond acceptors (Lipinski definition) is 4. The summed E-state index contributed by atoms with van der Waals surface area (Å²) in [6.45, 7) is 0.340. The maximum atomic E-state index is 12.2. The Balaban J connectivity index is 1.95. The number of halogens is 1. The van der Waals surface area contributed by atoms with E-state index in [0.717, 1.165) is 9.37 Å². The van der Waals surface area contributed by atoms with Gasteiger partial charge >= 0.3 is 5.97 Å². The first-order valence-electron chi connectivity index (χ1n) is 6.44. The Labute approximate surface area is 135 Å². The maximum absolute atomic E-state index is 12.2. The molecule has 1 amide bonds. The zero-order valence-electron chi connectivity index (χ0n) is 11.5. The number of benzene rings is 1. The van der Waals surface area contributed by atoms with Crippen molar-refractivity contribution in [2.24, 2.45) is 0 Å². The first-order valence-corrected chi connectivity index (χ1v) is 8.22.